The van der Waals surface area contributed by atoms with Crippen LogP contribution in [0.15, 0.2) is 48.5 Å². The molecule has 0 spiro atoms. The molecule has 0 aliphatic carbocycles. The number of fused-ring (bicyclic) bond motifs is 1. The van der Waals surface area contributed by atoms with Crippen LogP contribution in [0.25, 0.3) is 10.8 Å². The summed E-state index contributed by atoms with van der Waals surface area (Å²) in [6.07, 6.45) is 0. The Balaban J connectivity index is 0.000000605. The second-order valence-electron chi connectivity index (χ2n) is 2.35. The van der Waals surface area contributed by atoms with Crippen LogP contribution in [0.3, 0.4) is 0 Å². The zero-order valence-corrected chi connectivity index (χ0v) is 9.33. The van der Waals surface area contributed by atoms with E-state index in [0.29, 0.717) is 0 Å². The van der Waals surface area contributed by atoms with Gasteiger partial charge in [0.25, 0.3) is 0 Å². The first-order valence-electron chi connectivity index (χ1n) is 3.40. The van der Waals surface area contributed by atoms with Crippen LogP contribution in [0.2, 0.25) is 0 Å². The van der Waals surface area contributed by atoms with Gasteiger partial charge in [0.15, 0.2) is 0 Å². The molecule has 0 saturated heterocycles. The molecule has 12 heavy (non-hydrogen) atoms. The van der Waals surface area contributed by atoms with E-state index in [9.17, 15) is 0 Å². The first-order chi connectivity index (χ1) is 4.97. The van der Waals surface area contributed by atoms with Gasteiger partial charge < -0.3 is 6.15 Å². The first kappa shape index (κ1) is 11.7. The summed E-state index contributed by atoms with van der Waals surface area (Å²) < 4.78 is 0. The third-order valence-corrected chi connectivity index (χ3v) is 1.66. The summed E-state index contributed by atoms with van der Waals surface area (Å²) in [5.41, 5.74) is 0. The molecule has 56 valence electrons. The van der Waals surface area contributed by atoms with Crippen molar-refractivity contribution in [2.75, 3.05) is 0 Å². The molecule has 0 atom stereocenters. The quantitative estimate of drug-likeness (QED) is 0.552. The topological polar surface area (TPSA) is 35.0 Å². The molecule has 0 amide bonds. The number of rotatable bonds is 0. The van der Waals surface area contributed by atoms with Gasteiger partial charge in [-0.15, -0.1) is 0 Å². The van der Waals surface area contributed by atoms with E-state index in [1.165, 1.54) is 10.8 Å². The molecule has 0 heterocycles. The van der Waals surface area contributed by atoms with Crippen molar-refractivity contribution in [2.45, 2.75) is 0 Å². The second kappa shape index (κ2) is 5.33. The van der Waals surface area contributed by atoms with Gasteiger partial charge in [-0.2, -0.15) is 0 Å². The Morgan fingerprint density at radius 1 is 0.583 bits per heavy atom. The molecular formula is C10H11NNa+. The number of hydrogen-bond donors (Lipinski definition) is 1. The van der Waals surface area contributed by atoms with Crippen LogP contribution in [0, 0.1) is 0 Å². The van der Waals surface area contributed by atoms with Gasteiger partial charge in [0, 0.05) is 0 Å². The van der Waals surface area contributed by atoms with Crippen LogP contribution >= 0.6 is 0 Å². The number of hydrogen-bond acceptors (Lipinski definition) is 1. The maximum absolute atomic E-state index is 2.12. The van der Waals surface area contributed by atoms with E-state index < -0.39 is 0 Å². The molecule has 0 aliphatic heterocycles. The molecule has 2 aromatic rings. The Kier molecular flexibility index (Phi) is 5.18. The summed E-state index contributed by atoms with van der Waals surface area (Å²) in [5.74, 6) is 0. The summed E-state index contributed by atoms with van der Waals surface area (Å²) in [5, 5.41) is 2.62. The van der Waals surface area contributed by atoms with Gasteiger partial charge in [-0.25, -0.2) is 0 Å². The Morgan fingerprint density at radius 3 is 1.08 bits per heavy atom. The normalized spacial score (nSPS) is 8.33. The van der Waals surface area contributed by atoms with Crippen LogP contribution in [-0.2, 0) is 0 Å². The Labute approximate surface area is 94.7 Å². The molecule has 0 saturated carbocycles. The van der Waals surface area contributed by atoms with Crippen molar-refractivity contribution in [1.29, 1.82) is 0 Å². The van der Waals surface area contributed by atoms with Crippen LogP contribution in [0.5, 0.6) is 0 Å². The molecule has 0 aromatic heterocycles. The van der Waals surface area contributed by atoms with Gasteiger partial charge in [-0.3, -0.25) is 0 Å². The summed E-state index contributed by atoms with van der Waals surface area (Å²) in [6.45, 7) is 0. The summed E-state index contributed by atoms with van der Waals surface area (Å²) in [4.78, 5) is 0. The maximum Gasteiger partial charge on any atom is 1.00 e. The predicted molar refractivity (Wildman–Crippen MR) is 49.0 cm³/mol. The van der Waals surface area contributed by atoms with Crippen LogP contribution in [-0.4, -0.2) is 0 Å². The van der Waals surface area contributed by atoms with Crippen molar-refractivity contribution < 1.29 is 29.6 Å². The third-order valence-electron chi connectivity index (χ3n) is 1.66. The van der Waals surface area contributed by atoms with E-state index in [-0.39, 0.29) is 35.7 Å². The van der Waals surface area contributed by atoms with E-state index in [4.69, 9.17) is 0 Å². The molecule has 3 N–H and O–H groups in total. The molecule has 2 rings (SSSR count). The van der Waals surface area contributed by atoms with E-state index in [1.807, 2.05) is 0 Å². The fourth-order valence-electron chi connectivity index (χ4n) is 1.13. The van der Waals surface area contributed by atoms with Crippen molar-refractivity contribution in [2.24, 2.45) is 0 Å². The SMILES string of the molecule is N.[Na+].c1ccc2ccccc2c1. The van der Waals surface area contributed by atoms with Gasteiger partial charge in [0.2, 0.25) is 0 Å². The van der Waals surface area contributed by atoms with Gasteiger partial charge in [0.05, 0.1) is 0 Å². The molecule has 1 nitrogen and oxygen atoms in total. The molecule has 0 aliphatic rings. The Hall–Kier alpha value is -0.340. The van der Waals surface area contributed by atoms with Gasteiger partial charge in [0.1, 0.15) is 0 Å². The maximum atomic E-state index is 2.12. The minimum Gasteiger partial charge on any atom is -0.344 e. The van der Waals surface area contributed by atoms with E-state index in [2.05, 4.69) is 48.5 Å². The minimum absolute atomic E-state index is 0. The van der Waals surface area contributed by atoms with Gasteiger partial charge >= 0.3 is 29.6 Å². The summed E-state index contributed by atoms with van der Waals surface area (Å²) in [7, 11) is 0. The van der Waals surface area contributed by atoms with Crippen LogP contribution in [0.4, 0.5) is 0 Å². The zero-order valence-electron chi connectivity index (χ0n) is 7.33. The fourth-order valence-corrected chi connectivity index (χ4v) is 1.13. The zero-order chi connectivity index (χ0) is 6.81. The molecule has 0 bridgehead atoms. The fraction of sp³-hybridized carbons (Fsp3) is 0. The van der Waals surface area contributed by atoms with Crippen molar-refractivity contribution in [3.8, 4) is 0 Å². The third kappa shape index (κ3) is 2.32. The molecular weight excluding hydrogens is 157 g/mol. The molecule has 0 radical (unpaired) electrons. The molecule has 2 heteroatoms. The first-order valence-corrected chi connectivity index (χ1v) is 3.40. The van der Waals surface area contributed by atoms with Crippen LogP contribution in [0.1, 0.15) is 0 Å². The van der Waals surface area contributed by atoms with Gasteiger partial charge in [-0.05, 0) is 10.8 Å². The molecule has 2 aromatic carbocycles. The minimum atomic E-state index is 0. The largest absolute Gasteiger partial charge is 1.00 e. The molecule has 0 unspecified atom stereocenters. The van der Waals surface area contributed by atoms with Crippen molar-refractivity contribution in [1.82, 2.24) is 6.15 Å². The predicted octanol–water partition coefficient (Wildman–Crippen LogP) is 0.00580. The van der Waals surface area contributed by atoms with E-state index >= 15 is 0 Å². The van der Waals surface area contributed by atoms with E-state index in [1.54, 1.807) is 0 Å². The van der Waals surface area contributed by atoms with Crippen molar-refractivity contribution >= 4 is 10.8 Å². The Morgan fingerprint density at radius 2 is 0.833 bits per heavy atom. The van der Waals surface area contributed by atoms with Crippen LogP contribution < -0.4 is 35.7 Å². The second-order valence-corrected chi connectivity index (χ2v) is 2.35. The van der Waals surface area contributed by atoms with Crippen molar-refractivity contribution in [3.63, 3.8) is 0 Å². The average molecular weight is 168 g/mol. The van der Waals surface area contributed by atoms with Crippen molar-refractivity contribution in [3.05, 3.63) is 48.5 Å². The van der Waals surface area contributed by atoms with Gasteiger partial charge in [-0.1, -0.05) is 48.5 Å². The summed E-state index contributed by atoms with van der Waals surface area (Å²) in [6, 6.07) is 16.7. The Bertz CT molecular complexity index is 281. The number of benzene rings is 2. The standard InChI is InChI=1S/C10H8.H3N.Na/c1-2-6-10-8-4-3-7-9(10)5-1;;/h1-8H;1H3;/q;;+1. The molecule has 0 fully saturated rings. The average Bonchev–Trinajstić information content (AvgIpc) is 2.05. The summed E-state index contributed by atoms with van der Waals surface area (Å²) >= 11 is 0. The smallest absolute Gasteiger partial charge is 0.344 e. The monoisotopic (exact) mass is 168 g/mol. The van der Waals surface area contributed by atoms with E-state index in [0.717, 1.165) is 0 Å².